The van der Waals surface area contributed by atoms with Crippen LogP contribution in [0.5, 0.6) is 0 Å². The number of rotatable bonds is 5. The van der Waals surface area contributed by atoms with Crippen LogP contribution in [0.15, 0.2) is 42.5 Å². The topological polar surface area (TPSA) is 27.1 Å². The summed E-state index contributed by atoms with van der Waals surface area (Å²) < 4.78 is 0. The minimum atomic E-state index is 0.406. The zero-order valence-corrected chi connectivity index (χ0v) is 15.2. The molecule has 3 heteroatoms. The lowest BCUT2D eigenvalue weighted by Crippen LogP contribution is -2.25. The summed E-state index contributed by atoms with van der Waals surface area (Å²) in [6.07, 6.45) is 2.01. The molecule has 1 atom stereocenters. The Hall–Kier alpha value is -1.64. The number of nitrogens with one attached hydrogen (secondary N) is 1. The highest BCUT2D eigenvalue weighted by atomic mass is 35.5. The highest BCUT2D eigenvalue weighted by Crippen LogP contribution is 2.36. The van der Waals surface area contributed by atoms with E-state index in [0.717, 1.165) is 54.2 Å². The second-order valence-corrected chi connectivity index (χ2v) is 6.85. The number of nitrogens with zero attached hydrogens (tertiary/aromatic N) is 1. The summed E-state index contributed by atoms with van der Waals surface area (Å²) in [5.41, 5.74) is 5.07. The van der Waals surface area contributed by atoms with Crippen molar-refractivity contribution in [2.75, 3.05) is 19.6 Å². The van der Waals surface area contributed by atoms with Crippen molar-refractivity contribution < 1.29 is 0 Å². The van der Waals surface area contributed by atoms with Gasteiger partial charge in [-0.05, 0) is 55.6 Å². The molecule has 1 aliphatic rings. The van der Waals surface area contributed by atoms with Crippen molar-refractivity contribution in [3.05, 3.63) is 69.7 Å². The van der Waals surface area contributed by atoms with E-state index in [1.165, 1.54) is 5.56 Å². The van der Waals surface area contributed by atoms with Crippen LogP contribution in [-0.4, -0.2) is 30.2 Å². The second-order valence-electron chi connectivity index (χ2n) is 6.44. The molecule has 0 heterocycles. The fourth-order valence-corrected chi connectivity index (χ4v) is 3.97. The Morgan fingerprint density at radius 1 is 1.04 bits per heavy atom. The molecule has 0 amide bonds. The fraction of sp³-hybridized carbons (Fsp3) is 0.381. The Kier molecular flexibility index (Phi) is 5.37. The third-order valence-electron chi connectivity index (χ3n) is 5.20. The zero-order chi connectivity index (χ0) is 17.1. The lowest BCUT2D eigenvalue weighted by molar-refractivity contribution is 0.289. The number of hydrogen-bond donors (Lipinski definition) is 1. The lowest BCUT2D eigenvalue weighted by Gasteiger charge is -2.23. The molecule has 0 radical (unpaired) electrons. The SMILES string of the molecule is CCN(CC)CCC1Cc2c(Cl)cccc2C(=N)c2ccccc21. The van der Waals surface area contributed by atoms with Gasteiger partial charge < -0.3 is 4.90 Å². The standard InChI is InChI=1S/C21H25ClN2/c1-3-24(4-2)13-12-15-14-19-18(10-7-11-20(19)22)21(23)17-9-6-5-8-16(15)17/h5-11,15,23H,3-4,12-14H2,1-2H3. The number of benzene rings is 2. The highest BCUT2D eigenvalue weighted by molar-refractivity contribution is 6.32. The molecule has 1 N–H and O–H groups in total. The first-order chi connectivity index (χ1) is 11.7. The van der Waals surface area contributed by atoms with Gasteiger partial charge in [-0.25, -0.2) is 0 Å². The molecule has 0 aromatic heterocycles. The maximum absolute atomic E-state index is 8.70. The molecule has 24 heavy (non-hydrogen) atoms. The average Bonchev–Trinajstić information content (AvgIpc) is 2.73. The van der Waals surface area contributed by atoms with Gasteiger partial charge in [-0.3, -0.25) is 5.41 Å². The molecular formula is C21H25ClN2. The van der Waals surface area contributed by atoms with Gasteiger partial charge in [0.25, 0.3) is 0 Å². The quantitative estimate of drug-likeness (QED) is 0.802. The van der Waals surface area contributed by atoms with Crippen LogP contribution in [0.4, 0.5) is 0 Å². The fourth-order valence-electron chi connectivity index (χ4n) is 3.72. The van der Waals surface area contributed by atoms with Gasteiger partial charge in [0.15, 0.2) is 0 Å². The van der Waals surface area contributed by atoms with Crippen LogP contribution in [0, 0.1) is 5.41 Å². The first-order valence-corrected chi connectivity index (χ1v) is 9.21. The van der Waals surface area contributed by atoms with Gasteiger partial charge in [-0.1, -0.05) is 61.8 Å². The van der Waals surface area contributed by atoms with Gasteiger partial charge >= 0.3 is 0 Å². The molecule has 0 bridgehead atoms. The van der Waals surface area contributed by atoms with E-state index in [1.54, 1.807) is 0 Å². The van der Waals surface area contributed by atoms with Crippen molar-refractivity contribution in [1.29, 1.82) is 5.41 Å². The van der Waals surface area contributed by atoms with Crippen LogP contribution < -0.4 is 0 Å². The molecule has 0 fully saturated rings. The molecular weight excluding hydrogens is 316 g/mol. The van der Waals surface area contributed by atoms with Crippen LogP contribution in [0.2, 0.25) is 5.02 Å². The summed E-state index contributed by atoms with van der Waals surface area (Å²) in [5.74, 6) is 0.406. The largest absolute Gasteiger partial charge is 0.304 e. The predicted octanol–water partition coefficient (Wildman–Crippen LogP) is 5.13. The number of fused-ring (bicyclic) bond motifs is 2. The van der Waals surface area contributed by atoms with E-state index < -0.39 is 0 Å². The van der Waals surface area contributed by atoms with E-state index in [9.17, 15) is 0 Å². The first-order valence-electron chi connectivity index (χ1n) is 8.83. The van der Waals surface area contributed by atoms with Gasteiger partial charge in [-0.15, -0.1) is 0 Å². The number of hydrogen-bond acceptors (Lipinski definition) is 2. The van der Waals surface area contributed by atoms with Crippen LogP contribution >= 0.6 is 11.6 Å². The van der Waals surface area contributed by atoms with Crippen LogP contribution in [0.3, 0.4) is 0 Å². The molecule has 0 spiro atoms. The average molecular weight is 341 g/mol. The molecule has 2 nitrogen and oxygen atoms in total. The molecule has 2 aromatic rings. The molecule has 0 aliphatic heterocycles. The van der Waals surface area contributed by atoms with Crippen molar-refractivity contribution in [3.8, 4) is 0 Å². The van der Waals surface area contributed by atoms with Gasteiger partial charge in [0.2, 0.25) is 0 Å². The number of halogens is 1. The molecule has 1 unspecified atom stereocenters. The lowest BCUT2D eigenvalue weighted by atomic mass is 9.88. The smallest absolute Gasteiger partial charge is 0.0690 e. The summed E-state index contributed by atoms with van der Waals surface area (Å²) in [7, 11) is 0. The monoisotopic (exact) mass is 340 g/mol. The molecule has 1 aliphatic carbocycles. The van der Waals surface area contributed by atoms with Crippen molar-refractivity contribution in [2.24, 2.45) is 0 Å². The third-order valence-corrected chi connectivity index (χ3v) is 5.55. The Bertz CT molecular complexity index is 734. The second kappa shape index (κ2) is 7.50. The van der Waals surface area contributed by atoms with Gasteiger partial charge in [0, 0.05) is 16.1 Å². The molecule has 0 saturated heterocycles. The van der Waals surface area contributed by atoms with Crippen molar-refractivity contribution >= 4 is 17.3 Å². The zero-order valence-electron chi connectivity index (χ0n) is 14.5. The van der Waals surface area contributed by atoms with E-state index in [2.05, 4.69) is 36.9 Å². The minimum absolute atomic E-state index is 0.406. The first kappa shape index (κ1) is 17.2. The van der Waals surface area contributed by atoms with Crippen LogP contribution in [0.1, 0.15) is 48.4 Å². The molecule has 0 saturated carbocycles. The van der Waals surface area contributed by atoms with Crippen molar-refractivity contribution in [1.82, 2.24) is 4.90 Å². The van der Waals surface area contributed by atoms with Crippen molar-refractivity contribution in [3.63, 3.8) is 0 Å². The molecule has 126 valence electrons. The maximum Gasteiger partial charge on any atom is 0.0690 e. The Morgan fingerprint density at radius 3 is 2.50 bits per heavy atom. The summed E-state index contributed by atoms with van der Waals surface area (Å²) in [6, 6.07) is 14.3. The summed E-state index contributed by atoms with van der Waals surface area (Å²) in [4.78, 5) is 2.46. The Balaban J connectivity index is 2.01. The van der Waals surface area contributed by atoms with Gasteiger partial charge in [-0.2, -0.15) is 0 Å². The molecule has 3 rings (SSSR count). The van der Waals surface area contributed by atoms with E-state index >= 15 is 0 Å². The molecule has 2 aromatic carbocycles. The maximum atomic E-state index is 8.70. The Labute approximate surface area is 150 Å². The van der Waals surface area contributed by atoms with Crippen LogP contribution in [-0.2, 0) is 6.42 Å². The summed E-state index contributed by atoms with van der Waals surface area (Å²) in [5, 5.41) is 9.49. The summed E-state index contributed by atoms with van der Waals surface area (Å²) >= 11 is 6.50. The van der Waals surface area contributed by atoms with Gasteiger partial charge in [0.05, 0.1) is 5.71 Å². The third kappa shape index (κ3) is 3.26. The van der Waals surface area contributed by atoms with Crippen molar-refractivity contribution in [2.45, 2.75) is 32.6 Å². The summed E-state index contributed by atoms with van der Waals surface area (Å²) in [6.45, 7) is 7.67. The van der Waals surface area contributed by atoms with Crippen LogP contribution in [0.25, 0.3) is 0 Å². The van der Waals surface area contributed by atoms with E-state index in [0.29, 0.717) is 11.6 Å². The Morgan fingerprint density at radius 2 is 1.75 bits per heavy atom. The van der Waals surface area contributed by atoms with E-state index in [4.69, 9.17) is 17.0 Å². The highest BCUT2D eigenvalue weighted by Gasteiger charge is 2.26. The van der Waals surface area contributed by atoms with E-state index in [-0.39, 0.29) is 0 Å². The normalized spacial score (nSPS) is 16.7. The predicted molar refractivity (Wildman–Crippen MR) is 103 cm³/mol. The van der Waals surface area contributed by atoms with Gasteiger partial charge in [0.1, 0.15) is 0 Å². The van der Waals surface area contributed by atoms with E-state index in [1.807, 2.05) is 24.3 Å². The minimum Gasteiger partial charge on any atom is -0.304 e.